The van der Waals surface area contributed by atoms with Crippen LogP contribution in [0.15, 0.2) is 0 Å². The second-order valence-corrected chi connectivity index (χ2v) is 5.69. The van der Waals surface area contributed by atoms with Crippen LogP contribution in [0.4, 0.5) is 0 Å². The van der Waals surface area contributed by atoms with Gasteiger partial charge in [-0.25, -0.2) is 0 Å². The summed E-state index contributed by atoms with van der Waals surface area (Å²) in [6, 6.07) is 0.300. The minimum absolute atomic E-state index is 0.144. The van der Waals surface area contributed by atoms with E-state index in [1.165, 1.54) is 38.8 Å². The highest BCUT2D eigenvalue weighted by Crippen LogP contribution is 2.33. The van der Waals surface area contributed by atoms with Crippen molar-refractivity contribution in [2.75, 3.05) is 39.8 Å². The molecule has 2 unspecified atom stereocenters. The van der Waals surface area contributed by atoms with Crippen molar-refractivity contribution in [2.24, 2.45) is 11.7 Å². The summed E-state index contributed by atoms with van der Waals surface area (Å²) < 4.78 is 0. The summed E-state index contributed by atoms with van der Waals surface area (Å²) in [4.78, 5) is 4.76. The van der Waals surface area contributed by atoms with Gasteiger partial charge >= 0.3 is 0 Å². The Kier molecular flexibility index (Phi) is 4.79. The van der Waals surface area contributed by atoms with E-state index in [1.54, 1.807) is 0 Å². The lowest BCUT2D eigenvalue weighted by atomic mass is 10.0. The van der Waals surface area contributed by atoms with Crippen molar-refractivity contribution in [1.82, 2.24) is 9.80 Å². The molecule has 0 aromatic heterocycles. The second kappa shape index (κ2) is 6.14. The van der Waals surface area contributed by atoms with Crippen LogP contribution in [0.25, 0.3) is 0 Å². The molecular weight excluding hydrogens is 214 g/mol. The fourth-order valence-electron chi connectivity index (χ4n) is 2.82. The Morgan fingerprint density at radius 3 is 2.53 bits per heavy atom. The summed E-state index contributed by atoms with van der Waals surface area (Å²) in [7, 11) is 2.10. The number of likely N-dealkylation sites (N-methyl/N-ethyl adjacent to an activating group) is 1. The van der Waals surface area contributed by atoms with Gasteiger partial charge in [-0.15, -0.1) is 0 Å². The van der Waals surface area contributed by atoms with Crippen molar-refractivity contribution >= 4 is 0 Å². The number of likely N-dealkylation sites (tertiary alicyclic amines) is 1. The molecule has 0 spiro atoms. The monoisotopic (exact) mass is 241 g/mol. The Bertz CT molecular complexity index is 227. The van der Waals surface area contributed by atoms with Gasteiger partial charge in [0.2, 0.25) is 0 Å². The number of hydrogen-bond donors (Lipinski definition) is 2. The highest BCUT2D eigenvalue weighted by molar-refractivity contribution is 4.92. The summed E-state index contributed by atoms with van der Waals surface area (Å²) in [6.45, 7) is 4.81. The molecule has 4 heteroatoms. The van der Waals surface area contributed by atoms with Crippen LogP contribution >= 0.6 is 0 Å². The van der Waals surface area contributed by atoms with Crippen LogP contribution in [0, 0.1) is 5.92 Å². The normalized spacial score (nSPS) is 25.4. The molecule has 2 aliphatic rings. The van der Waals surface area contributed by atoms with Crippen LogP contribution in [-0.2, 0) is 0 Å². The Labute approximate surface area is 105 Å². The largest absolute Gasteiger partial charge is 0.395 e. The number of nitrogens with zero attached hydrogens (tertiary/aromatic N) is 2. The number of rotatable bonds is 7. The zero-order valence-corrected chi connectivity index (χ0v) is 11.0. The molecule has 100 valence electrons. The lowest BCUT2D eigenvalue weighted by Crippen LogP contribution is -2.51. The summed E-state index contributed by atoms with van der Waals surface area (Å²) in [5.74, 6) is 0.654. The molecule has 1 heterocycles. The van der Waals surface area contributed by atoms with Gasteiger partial charge in [0, 0.05) is 25.2 Å². The molecule has 1 saturated heterocycles. The average molecular weight is 241 g/mol. The first-order valence-electron chi connectivity index (χ1n) is 7.01. The van der Waals surface area contributed by atoms with Crippen molar-refractivity contribution in [1.29, 1.82) is 0 Å². The van der Waals surface area contributed by atoms with Gasteiger partial charge in [0.25, 0.3) is 0 Å². The van der Waals surface area contributed by atoms with Gasteiger partial charge in [0.1, 0.15) is 0 Å². The first kappa shape index (κ1) is 13.3. The van der Waals surface area contributed by atoms with Gasteiger partial charge in [0.15, 0.2) is 0 Å². The molecule has 17 heavy (non-hydrogen) atoms. The summed E-state index contributed by atoms with van der Waals surface area (Å²) in [6.07, 6.45) is 5.18. The van der Waals surface area contributed by atoms with Crippen LogP contribution in [0.3, 0.4) is 0 Å². The van der Waals surface area contributed by atoms with Crippen LogP contribution in [0.1, 0.15) is 25.7 Å². The van der Waals surface area contributed by atoms with E-state index in [4.69, 9.17) is 5.73 Å². The predicted octanol–water partition coefficient (Wildman–Crippen LogP) is 0.112. The van der Waals surface area contributed by atoms with Crippen molar-refractivity contribution in [3.8, 4) is 0 Å². The third-order valence-electron chi connectivity index (χ3n) is 4.33. The van der Waals surface area contributed by atoms with Crippen molar-refractivity contribution < 1.29 is 5.11 Å². The summed E-state index contributed by atoms with van der Waals surface area (Å²) in [5, 5.41) is 9.50. The topological polar surface area (TPSA) is 52.7 Å². The van der Waals surface area contributed by atoms with E-state index in [0.717, 1.165) is 13.1 Å². The van der Waals surface area contributed by atoms with Crippen molar-refractivity contribution in [3.05, 3.63) is 0 Å². The van der Waals surface area contributed by atoms with E-state index >= 15 is 0 Å². The molecule has 2 atom stereocenters. The van der Waals surface area contributed by atoms with Gasteiger partial charge in [0.05, 0.1) is 6.61 Å². The lowest BCUT2D eigenvalue weighted by Gasteiger charge is -2.32. The van der Waals surface area contributed by atoms with Gasteiger partial charge in [-0.3, -0.25) is 4.90 Å². The first-order valence-corrected chi connectivity index (χ1v) is 7.01. The molecule has 2 rings (SSSR count). The molecule has 1 aliphatic carbocycles. The van der Waals surface area contributed by atoms with E-state index in [0.29, 0.717) is 5.92 Å². The number of aliphatic hydroxyl groups excluding tert-OH is 1. The lowest BCUT2D eigenvalue weighted by molar-refractivity contribution is 0.111. The second-order valence-electron chi connectivity index (χ2n) is 5.69. The van der Waals surface area contributed by atoms with Crippen LogP contribution in [-0.4, -0.2) is 66.8 Å². The van der Waals surface area contributed by atoms with Gasteiger partial charge < -0.3 is 15.7 Å². The zero-order valence-electron chi connectivity index (χ0n) is 11.0. The molecule has 0 aromatic carbocycles. The molecule has 3 N–H and O–H groups in total. The fourth-order valence-corrected chi connectivity index (χ4v) is 2.82. The van der Waals surface area contributed by atoms with E-state index in [-0.39, 0.29) is 18.7 Å². The third-order valence-corrected chi connectivity index (χ3v) is 4.33. The van der Waals surface area contributed by atoms with Crippen LogP contribution < -0.4 is 5.73 Å². The SMILES string of the molecule is CN(CCN1CCCC1)C(CO)C(N)C1CC1. The van der Waals surface area contributed by atoms with E-state index < -0.39 is 0 Å². The molecular formula is C13H27N3O. The van der Waals surface area contributed by atoms with Crippen LogP contribution in [0.2, 0.25) is 0 Å². The standard InChI is InChI=1S/C13H27N3O/c1-15(8-9-16-6-2-3-7-16)12(10-17)13(14)11-4-5-11/h11-13,17H,2-10,14H2,1H3. The Morgan fingerprint density at radius 1 is 1.35 bits per heavy atom. The van der Waals surface area contributed by atoms with E-state index in [9.17, 15) is 5.11 Å². The average Bonchev–Trinajstić information content (AvgIpc) is 3.05. The summed E-state index contributed by atoms with van der Waals surface area (Å²) in [5.41, 5.74) is 6.20. The first-order chi connectivity index (χ1) is 8.22. The molecule has 2 fully saturated rings. The summed E-state index contributed by atoms with van der Waals surface area (Å²) >= 11 is 0. The fraction of sp³-hybridized carbons (Fsp3) is 1.00. The quantitative estimate of drug-likeness (QED) is 0.664. The molecule has 4 nitrogen and oxygen atoms in total. The molecule has 0 aromatic rings. The Morgan fingerprint density at radius 2 is 2.00 bits per heavy atom. The van der Waals surface area contributed by atoms with Crippen molar-refractivity contribution in [3.63, 3.8) is 0 Å². The van der Waals surface area contributed by atoms with Gasteiger partial charge in [-0.2, -0.15) is 0 Å². The molecule has 1 aliphatic heterocycles. The maximum atomic E-state index is 9.50. The molecule has 0 radical (unpaired) electrons. The highest BCUT2D eigenvalue weighted by atomic mass is 16.3. The number of nitrogens with two attached hydrogens (primary N) is 1. The zero-order chi connectivity index (χ0) is 12.3. The number of aliphatic hydroxyl groups is 1. The minimum atomic E-state index is 0.144. The molecule has 0 amide bonds. The molecule has 0 bridgehead atoms. The van der Waals surface area contributed by atoms with E-state index in [2.05, 4.69) is 16.8 Å². The van der Waals surface area contributed by atoms with Gasteiger partial charge in [-0.05, 0) is 51.7 Å². The Hall–Kier alpha value is -0.160. The van der Waals surface area contributed by atoms with Crippen molar-refractivity contribution in [2.45, 2.75) is 37.8 Å². The maximum Gasteiger partial charge on any atom is 0.0601 e. The van der Waals surface area contributed by atoms with Gasteiger partial charge in [-0.1, -0.05) is 0 Å². The smallest absolute Gasteiger partial charge is 0.0601 e. The van der Waals surface area contributed by atoms with Crippen LogP contribution in [0.5, 0.6) is 0 Å². The number of hydrogen-bond acceptors (Lipinski definition) is 4. The maximum absolute atomic E-state index is 9.50. The predicted molar refractivity (Wildman–Crippen MR) is 69.9 cm³/mol. The highest BCUT2D eigenvalue weighted by Gasteiger charge is 2.35. The third kappa shape index (κ3) is 3.65. The Balaban J connectivity index is 1.73. The van der Waals surface area contributed by atoms with E-state index in [1.807, 2.05) is 0 Å². The minimum Gasteiger partial charge on any atom is -0.395 e. The molecule has 1 saturated carbocycles.